The summed E-state index contributed by atoms with van der Waals surface area (Å²) in [4.78, 5) is 28.4. The van der Waals surface area contributed by atoms with Crippen molar-refractivity contribution in [1.82, 2.24) is 4.90 Å². The molecule has 7 rings (SSSR count). The van der Waals surface area contributed by atoms with Crippen molar-refractivity contribution < 1.29 is 9.59 Å². The molecule has 34 heavy (non-hydrogen) atoms. The largest absolute Gasteiger partial charge is 0.338 e. The maximum Gasteiger partial charge on any atom is 0.254 e. The third-order valence-corrected chi connectivity index (χ3v) is 9.28. The fraction of sp³-hybridized carbons (Fsp3) is 0.517. The Kier molecular flexibility index (Phi) is 5.68. The van der Waals surface area contributed by atoms with Gasteiger partial charge < -0.3 is 10.2 Å². The Morgan fingerprint density at radius 1 is 1.00 bits per heavy atom. The van der Waals surface area contributed by atoms with Crippen molar-refractivity contribution in [1.29, 1.82) is 0 Å². The second-order valence-electron chi connectivity index (χ2n) is 11.4. The van der Waals surface area contributed by atoms with E-state index in [0.717, 1.165) is 58.0 Å². The van der Waals surface area contributed by atoms with Gasteiger partial charge in [-0.1, -0.05) is 35.9 Å². The average Bonchev–Trinajstić information content (AvgIpc) is 2.79. The number of benzene rings is 2. The van der Waals surface area contributed by atoms with E-state index < -0.39 is 0 Å². The fourth-order valence-electron chi connectivity index (χ4n) is 7.90. The molecule has 2 aromatic rings. The molecular weight excluding hydrogens is 444 g/mol. The SMILES string of the molecule is O=C(CC12CC3CC(CC(C3)C1)C2)Nc1cccc2c1CCN(CCc1ccccc1Cl)C2=O. The number of rotatable bonds is 6. The van der Waals surface area contributed by atoms with Gasteiger partial charge in [0, 0.05) is 35.8 Å². The lowest BCUT2D eigenvalue weighted by Gasteiger charge is -2.56. The van der Waals surface area contributed by atoms with Gasteiger partial charge in [0.25, 0.3) is 5.91 Å². The van der Waals surface area contributed by atoms with Crippen LogP contribution in [0.25, 0.3) is 0 Å². The number of nitrogens with one attached hydrogen (secondary N) is 1. The van der Waals surface area contributed by atoms with Crippen LogP contribution < -0.4 is 5.32 Å². The average molecular weight is 477 g/mol. The molecule has 1 N–H and O–H groups in total. The minimum absolute atomic E-state index is 0.0467. The molecule has 4 saturated carbocycles. The first kappa shape index (κ1) is 22.2. The summed E-state index contributed by atoms with van der Waals surface area (Å²) in [6.07, 6.45) is 10.0. The fourth-order valence-corrected chi connectivity index (χ4v) is 8.13. The van der Waals surface area contributed by atoms with Crippen LogP contribution in [-0.2, 0) is 17.6 Å². The first-order chi connectivity index (χ1) is 16.5. The summed E-state index contributed by atoms with van der Waals surface area (Å²) < 4.78 is 0. The van der Waals surface area contributed by atoms with Crippen LogP contribution in [0.1, 0.15) is 66.4 Å². The third kappa shape index (κ3) is 4.15. The van der Waals surface area contributed by atoms with Gasteiger partial charge in [-0.3, -0.25) is 9.59 Å². The number of halogens is 1. The monoisotopic (exact) mass is 476 g/mol. The standard InChI is InChI=1S/C29H33ClN2O2/c30-25-6-2-1-4-22(25)8-10-32-11-9-23-24(28(32)34)5-3-7-26(23)31-27(33)18-29-15-19-12-20(16-29)14-21(13-19)17-29/h1-7,19-21H,8-18H2,(H,31,33). The lowest BCUT2D eigenvalue weighted by atomic mass is 9.49. The van der Waals surface area contributed by atoms with Crippen molar-refractivity contribution in [3.8, 4) is 0 Å². The van der Waals surface area contributed by atoms with Gasteiger partial charge in [-0.25, -0.2) is 0 Å². The van der Waals surface area contributed by atoms with E-state index in [1.54, 1.807) is 0 Å². The van der Waals surface area contributed by atoms with E-state index in [1.807, 2.05) is 47.4 Å². The van der Waals surface area contributed by atoms with E-state index in [2.05, 4.69) is 5.32 Å². The molecule has 0 aromatic heterocycles. The smallest absolute Gasteiger partial charge is 0.254 e. The molecule has 4 fully saturated rings. The van der Waals surface area contributed by atoms with Crippen LogP contribution in [0, 0.1) is 23.2 Å². The Morgan fingerprint density at radius 2 is 1.71 bits per heavy atom. The lowest BCUT2D eigenvalue weighted by Crippen LogP contribution is -2.47. The summed E-state index contributed by atoms with van der Waals surface area (Å²) in [6.45, 7) is 1.31. The Morgan fingerprint density at radius 3 is 2.41 bits per heavy atom. The Bertz CT molecular complexity index is 1090. The summed E-state index contributed by atoms with van der Waals surface area (Å²) in [5, 5.41) is 3.97. The molecular formula is C29H33ClN2O2. The van der Waals surface area contributed by atoms with Gasteiger partial charge in [-0.2, -0.15) is 0 Å². The van der Waals surface area contributed by atoms with Gasteiger partial charge in [-0.05, 0) is 104 Å². The molecule has 5 aliphatic rings. The summed E-state index contributed by atoms with van der Waals surface area (Å²) in [7, 11) is 0. The maximum atomic E-state index is 13.2. The van der Waals surface area contributed by atoms with Crippen LogP contribution >= 0.6 is 11.6 Å². The normalized spacial score (nSPS) is 29.3. The molecule has 2 aromatic carbocycles. The lowest BCUT2D eigenvalue weighted by molar-refractivity contribution is -0.124. The van der Waals surface area contributed by atoms with Crippen LogP contribution in [0.2, 0.25) is 5.02 Å². The zero-order valence-corrected chi connectivity index (χ0v) is 20.4. The highest BCUT2D eigenvalue weighted by Gasteiger charge is 2.51. The highest BCUT2D eigenvalue weighted by atomic mass is 35.5. The van der Waals surface area contributed by atoms with Crippen molar-refractivity contribution in [2.75, 3.05) is 18.4 Å². The summed E-state index contributed by atoms with van der Waals surface area (Å²) in [6, 6.07) is 13.6. The highest BCUT2D eigenvalue weighted by Crippen LogP contribution is 2.61. The molecule has 0 unspecified atom stereocenters. The van der Waals surface area contributed by atoms with Crippen molar-refractivity contribution in [2.45, 2.75) is 57.8 Å². The molecule has 0 atom stereocenters. The number of nitrogens with zero attached hydrogens (tertiary/aromatic N) is 1. The molecule has 0 spiro atoms. The molecule has 0 saturated heterocycles. The Labute approximate surface area is 207 Å². The molecule has 1 heterocycles. The summed E-state index contributed by atoms with van der Waals surface area (Å²) in [5.41, 5.74) is 3.82. The molecule has 0 radical (unpaired) electrons. The highest BCUT2D eigenvalue weighted by molar-refractivity contribution is 6.31. The topological polar surface area (TPSA) is 49.4 Å². The number of hydrogen-bond acceptors (Lipinski definition) is 2. The number of carbonyl (C=O) groups excluding carboxylic acids is 2. The minimum Gasteiger partial charge on any atom is -0.338 e. The predicted molar refractivity (Wildman–Crippen MR) is 135 cm³/mol. The van der Waals surface area contributed by atoms with Gasteiger partial charge in [0.1, 0.15) is 0 Å². The van der Waals surface area contributed by atoms with Gasteiger partial charge in [0.15, 0.2) is 0 Å². The molecule has 4 aliphatic carbocycles. The van der Waals surface area contributed by atoms with Gasteiger partial charge in [-0.15, -0.1) is 0 Å². The maximum absolute atomic E-state index is 13.2. The zero-order valence-electron chi connectivity index (χ0n) is 19.7. The number of hydrogen-bond donors (Lipinski definition) is 1. The van der Waals surface area contributed by atoms with E-state index in [0.29, 0.717) is 19.5 Å². The van der Waals surface area contributed by atoms with Crippen LogP contribution in [0.15, 0.2) is 42.5 Å². The second-order valence-corrected chi connectivity index (χ2v) is 11.8. The first-order valence-corrected chi connectivity index (χ1v) is 13.3. The van der Waals surface area contributed by atoms with Gasteiger partial charge >= 0.3 is 0 Å². The van der Waals surface area contributed by atoms with Gasteiger partial charge in [0.2, 0.25) is 5.91 Å². The number of anilines is 1. The van der Waals surface area contributed by atoms with Crippen LogP contribution in [0.5, 0.6) is 0 Å². The van der Waals surface area contributed by atoms with E-state index in [9.17, 15) is 9.59 Å². The number of fused-ring (bicyclic) bond motifs is 1. The van der Waals surface area contributed by atoms with Crippen molar-refractivity contribution in [3.05, 3.63) is 64.2 Å². The number of carbonyl (C=O) groups is 2. The van der Waals surface area contributed by atoms with Crippen LogP contribution in [-0.4, -0.2) is 29.8 Å². The van der Waals surface area contributed by atoms with Crippen molar-refractivity contribution in [3.63, 3.8) is 0 Å². The number of amides is 2. The predicted octanol–water partition coefficient (Wildman–Crippen LogP) is 6.13. The first-order valence-electron chi connectivity index (χ1n) is 12.9. The van der Waals surface area contributed by atoms with E-state index in [-0.39, 0.29) is 17.2 Å². The minimum atomic E-state index is 0.0467. The van der Waals surface area contributed by atoms with E-state index in [4.69, 9.17) is 11.6 Å². The van der Waals surface area contributed by atoms with E-state index in [1.165, 1.54) is 38.5 Å². The molecule has 4 bridgehead atoms. The van der Waals surface area contributed by atoms with E-state index >= 15 is 0 Å². The molecule has 1 aliphatic heterocycles. The van der Waals surface area contributed by atoms with Crippen LogP contribution in [0.3, 0.4) is 0 Å². The third-order valence-electron chi connectivity index (χ3n) is 8.91. The van der Waals surface area contributed by atoms with Crippen LogP contribution in [0.4, 0.5) is 5.69 Å². The van der Waals surface area contributed by atoms with Gasteiger partial charge in [0.05, 0.1) is 0 Å². The Hall–Kier alpha value is -2.33. The summed E-state index contributed by atoms with van der Waals surface area (Å²) >= 11 is 6.30. The zero-order chi connectivity index (χ0) is 23.3. The molecule has 5 heteroatoms. The quantitative estimate of drug-likeness (QED) is 0.545. The van der Waals surface area contributed by atoms with Crippen molar-refractivity contribution in [2.24, 2.45) is 23.2 Å². The van der Waals surface area contributed by atoms with Crippen molar-refractivity contribution >= 4 is 29.1 Å². The molecule has 2 amide bonds. The molecule has 4 nitrogen and oxygen atoms in total. The summed E-state index contributed by atoms with van der Waals surface area (Å²) in [5.74, 6) is 2.71. The second kappa shape index (κ2) is 8.71. The molecule has 178 valence electrons. The Balaban J connectivity index is 1.13.